The SMILES string of the molecule is CC1CC(NC(=O)N[C@@H](C(=O)O)c2ccccc2)C1. The maximum absolute atomic E-state index is 11.8. The standard InChI is InChI=1S/C14H18N2O3/c1-9-7-11(8-9)15-14(19)16-12(13(17)18)10-5-3-2-4-6-10/h2-6,9,11-12H,7-8H2,1H3,(H,17,18)(H2,15,16,19)/t9?,11?,12-/m1/s1. The van der Waals surface area contributed by atoms with Gasteiger partial charge < -0.3 is 15.7 Å². The molecule has 2 amide bonds. The van der Waals surface area contributed by atoms with Crippen molar-refractivity contribution in [3.63, 3.8) is 0 Å². The lowest BCUT2D eigenvalue weighted by Crippen LogP contribution is -2.49. The summed E-state index contributed by atoms with van der Waals surface area (Å²) in [4.78, 5) is 23.0. The number of aliphatic carboxylic acids is 1. The second-order valence-electron chi connectivity index (χ2n) is 5.07. The summed E-state index contributed by atoms with van der Waals surface area (Å²) in [6.45, 7) is 2.13. The molecule has 0 bridgehead atoms. The molecule has 0 spiro atoms. The Hall–Kier alpha value is -2.04. The Labute approximate surface area is 112 Å². The van der Waals surface area contributed by atoms with Crippen LogP contribution in [0.4, 0.5) is 4.79 Å². The number of carbonyl (C=O) groups excluding carboxylic acids is 1. The van der Waals surface area contributed by atoms with Gasteiger partial charge in [-0.15, -0.1) is 0 Å². The summed E-state index contributed by atoms with van der Waals surface area (Å²) in [5, 5.41) is 14.5. The smallest absolute Gasteiger partial charge is 0.330 e. The van der Waals surface area contributed by atoms with Gasteiger partial charge in [-0.25, -0.2) is 9.59 Å². The van der Waals surface area contributed by atoms with E-state index in [-0.39, 0.29) is 6.04 Å². The first-order valence-corrected chi connectivity index (χ1v) is 6.41. The molecule has 2 rings (SSSR count). The van der Waals surface area contributed by atoms with E-state index in [0.717, 1.165) is 12.8 Å². The number of carbonyl (C=O) groups is 2. The minimum absolute atomic E-state index is 0.167. The van der Waals surface area contributed by atoms with Crippen LogP contribution in [-0.2, 0) is 4.79 Å². The molecule has 5 heteroatoms. The van der Waals surface area contributed by atoms with Crippen LogP contribution in [-0.4, -0.2) is 23.1 Å². The van der Waals surface area contributed by atoms with E-state index < -0.39 is 18.0 Å². The fourth-order valence-corrected chi connectivity index (χ4v) is 2.31. The molecule has 1 atom stereocenters. The van der Waals surface area contributed by atoms with E-state index in [4.69, 9.17) is 0 Å². The van der Waals surface area contributed by atoms with E-state index in [0.29, 0.717) is 11.5 Å². The molecule has 0 saturated heterocycles. The molecular weight excluding hydrogens is 244 g/mol. The van der Waals surface area contributed by atoms with Gasteiger partial charge in [0.1, 0.15) is 0 Å². The Morgan fingerprint density at radius 3 is 2.42 bits per heavy atom. The fourth-order valence-electron chi connectivity index (χ4n) is 2.31. The van der Waals surface area contributed by atoms with Crippen molar-refractivity contribution < 1.29 is 14.7 Å². The minimum Gasteiger partial charge on any atom is -0.479 e. The van der Waals surface area contributed by atoms with Crippen molar-refractivity contribution in [1.29, 1.82) is 0 Å². The van der Waals surface area contributed by atoms with Crippen molar-refractivity contribution in [3.05, 3.63) is 35.9 Å². The Kier molecular flexibility index (Phi) is 4.04. The second kappa shape index (κ2) is 5.73. The molecule has 1 aliphatic rings. The maximum Gasteiger partial charge on any atom is 0.330 e. The van der Waals surface area contributed by atoms with E-state index in [9.17, 15) is 14.7 Å². The molecule has 1 aromatic carbocycles. The number of nitrogens with one attached hydrogen (secondary N) is 2. The molecule has 19 heavy (non-hydrogen) atoms. The molecule has 0 unspecified atom stereocenters. The predicted octanol–water partition coefficient (Wildman–Crippen LogP) is 1.91. The van der Waals surface area contributed by atoms with Crippen LogP contribution in [0.3, 0.4) is 0 Å². The van der Waals surface area contributed by atoms with Gasteiger partial charge >= 0.3 is 12.0 Å². The normalized spacial score (nSPS) is 23.0. The molecule has 3 N–H and O–H groups in total. The third-order valence-corrected chi connectivity index (χ3v) is 3.36. The van der Waals surface area contributed by atoms with E-state index in [2.05, 4.69) is 17.6 Å². The quantitative estimate of drug-likeness (QED) is 0.775. The van der Waals surface area contributed by atoms with Crippen LogP contribution in [0.1, 0.15) is 31.4 Å². The number of rotatable bonds is 4. The molecule has 1 aliphatic carbocycles. The van der Waals surface area contributed by atoms with Crippen molar-refractivity contribution in [2.24, 2.45) is 5.92 Å². The monoisotopic (exact) mass is 262 g/mol. The molecule has 0 radical (unpaired) electrons. The average Bonchev–Trinajstić information content (AvgIpc) is 2.35. The van der Waals surface area contributed by atoms with E-state index in [1.165, 1.54) is 0 Å². The average molecular weight is 262 g/mol. The molecule has 0 aliphatic heterocycles. The summed E-state index contributed by atoms with van der Waals surface area (Å²) >= 11 is 0. The highest BCUT2D eigenvalue weighted by molar-refractivity contribution is 5.83. The van der Waals surface area contributed by atoms with Gasteiger partial charge in [-0.3, -0.25) is 0 Å². The van der Waals surface area contributed by atoms with Crippen molar-refractivity contribution in [2.75, 3.05) is 0 Å². The number of hydrogen-bond acceptors (Lipinski definition) is 2. The van der Waals surface area contributed by atoms with Crippen molar-refractivity contribution >= 4 is 12.0 Å². The van der Waals surface area contributed by atoms with Crippen LogP contribution in [0, 0.1) is 5.92 Å². The Balaban J connectivity index is 1.94. The van der Waals surface area contributed by atoms with E-state index in [1.54, 1.807) is 30.3 Å². The number of urea groups is 1. The van der Waals surface area contributed by atoms with Gasteiger partial charge in [-0.05, 0) is 24.3 Å². The zero-order chi connectivity index (χ0) is 13.8. The molecule has 1 saturated carbocycles. The Morgan fingerprint density at radius 1 is 1.26 bits per heavy atom. The van der Waals surface area contributed by atoms with Gasteiger partial charge in [0.25, 0.3) is 0 Å². The zero-order valence-electron chi connectivity index (χ0n) is 10.8. The Morgan fingerprint density at radius 2 is 1.89 bits per heavy atom. The highest BCUT2D eigenvalue weighted by atomic mass is 16.4. The van der Waals surface area contributed by atoms with Crippen molar-refractivity contribution in [2.45, 2.75) is 31.8 Å². The molecule has 102 valence electrons. The van der Waals surface area contributed by atoms with Gasteiger partial charge in [0.2, 0.25) is 0 Å². The molecule has 0 aromatic heterocycles. The van der Waals surface area contributed by atoms with Gasteiger partial charge in [-0.2, -0.15) is 0 Å². The number of hydrogen-bond donors (Lipinski definition) is 3. The minimum atomic E-state index is -1.07. The fraction of sp³-hybridized carbons (Fsp3) is 0.429. The largest absolute Gasteiger partial charge is 0.479 e. The topological polar surface area (TPSA) is 78.4 Å². The second-order valence-corrected chi connectivity index (χ2v) is 5.07. The summed E-state index contributed by atoms with van der Waals surface area (Å²) in [5.74, 6) is -0.432. The molecule has 1 fully saturated rings. The van der Waals surface area contributed by atoms with Gasteiger partial charge in [0, 0.05) is 6.04 Å². The summed E-state index contributed by atoms with van der Waals surface area (Å²) < 4.78 is 0. The number of amides is 2. The van der Waals surface area contributed by atoms with Gasteiger partial charge in [-0.1, -0.05) is 37.3 Å². The van der Waals surface area contributed by atoms with Crippen molar-refractivity contribution in [3.8, 4) is 0 Å². The first-order chi connectivity index (χ1) is 9.06. The predicted molar refractivity (Wildman–Crippen MR) is 70.7 cm³/mol. The lowest BCUT2D eigenvalue weighted by atomic mass is 9.82. The molecular formula is C14H18N2O3. The van der Waals surface area contributed by atoms with Crippen LogP contribution in [0.2, 0.25) is 0 Å². The lowest BCUT2D eigenvalue weighted by molar-refractivity contribution is -0.139. The van der Waals surface area contributed by atoms with E-state index in [1.807, 2.05) is 0 Å². The molecule has 5 nitrogen and oxygen atoms in total. The summed E-state index contributed by atoms with van der Waals surface area (Å²) in [7, 11) is 0. The molecule has 0 heterocycles. The summed E-state index contributed by atoms with van der Waals surface area (Å²) in [6, 6.07) is 7.40. The van der Waals surface area contributed by atoms with Crippen LogP contribution in [0.5, 0.6) is 0 Å². The van der Waals surface area contributed by atoms with E-state index >= 15 is 0 Å². The van der Waals surface area contributed by atoms with Crippen LogP contribution >= 0.6 is 0 Å². The lowest BCUT2D eigenvalue weighted by Gasteiger charge is -2.33. The highest BCUT2D eigenvalue weighted by Crippen LogP contribution is 2.26. The highest BCUT2D eigenvalue weighted by Gasteiger charge is 2.28. The van der Waals surface area contributed by atoms with Crippen LogP contribution < -0.4 is 10.6 Å². The van der Waals surface area contributed by atoms with Crippen LogP contribution in [0.15, 0.2) is 30.3 Å². The van der Waals surface area contributed by atoms with Gasteiger partial charge in [0.15, 0.2) is 6.04 Å². The zero-order valence-corrected chi connectivity index (χ0v) is 10.8. The Bertz CT molecular complexity index is 455. The number of benzene rings is 1. The first kappa shape index (κ1) is 13.4. The maximum atomic E-state index is 11.8. The van der Waals surface area contributed by atoms with Gasteiger partial charge in [0.05, 0.1) is 0 Å². The number of carboxylic acids is 1. The summed E-state index contributed by atoms with van der Waals surface area (Å²) in [5.41, 5.74) is 0.562. The number of carboxylic acid groups (broad SMARTS) is 1. The first-order valence-electron chi connectivity index (χ1n) is 6.41. The molecule has 1 aromatic rings. The third-order valence-electron chi connectivity index (χ3n) is 3.36. The summed E-state index contributed by atoms with van der Waals surface area (Å²) in [6.07, 6.45) is 1.91. The third kappa shape index (κ3) is 3.47. The van der Waals surface area contributed by atoms with Crippen molar-refractivity contribution in [1.82, 2.24) is 10.6 Å². The van der Waals surface area contributed by atoms with Crippen LogP contribution in [0.25, 0.3) is 0 Å².